The lowest BCUT2D eigenvalue weighted by atomic mass is 10.2. The molecule has 1 aliphatic carbocycles. The zero-order valence-electron chi connectivity index (χ0n) is 12.1. The molecule has 10 heteroatoms. The molecule has 0 spiro atoms. The van der Waals surface area contributed by atoms with Crippen molar-refractivity contribution in [3.63, 3.8) is 0 Å². The Morgan fingerprint density at radius 2 is 2.22 bits per heavy atom. The number of benzene rings is 1. The van der Waals surface area contributed by atoms with Gasteiger partial charge in [-0.15, -0.1) is 10.2 Å². The fourth-order valence-corrected chi connectivity index (χ4v) is 3.71. The van der Waals surface area contributed by atoms with E-state index in [0.717, 1.165) is 18.0 Å². The lowest BCUT2D eigenvalue weighted by Gasteiger charge is -2.03. The van der Waals surface area contributed by atoms with E-state index in [-0.39, 0.29) is 17.2 Å². The van der Waals surface area contributed by atoms with Crippen LogP contribution in [0.2, 0.25) is 0 Å². The van der Waals surface area contributed by atoms with Crippen LogP contribution in [0.1, 0.15) is 23.2 Å². The molecule has 3 rings (SSSR count). The molecule has 1 amide bonds. The summed E-state index contributed by atoms with van der Waals surface area (Å²) in [6.45, 7) is 0. The number of anilines is 1. The molecule has 0 aliphatic heterocycles. The van der Waals surface area contributed by atoms with Gasteiger partial charge >= 0.3 is 0 Å². The molecule has 0 bridgehead atoms. The van der Waals surface area contributed by atoms with Gasteiger partial charge in [-0.3, -0.25) is 14.9 Å². The van der Waals surface area contributed by atoms with E-state index >= 15 is 0 Å². The molecule has 2 N–H and O–H groups in total. The second-order valence-electron chi connectivity index (χ2n) is 4.91. The number of carbonyl (C=O) groups excluding carboxylic acids is 1. The lowest BCUT2D eigenvalue weighted by molar-refractivity contribution is -0.387. The Morgan fingerprint density at radius 1 is 1.43 bits per heavy atom. The zero-order valence-corrected chi connectivity index (χ0v) is 13.7. The van der Waals surface area contributed by atoms with Gasteiger partial charge in [0.25, 0.3) is 11.6 Å². The fourth-order valence-electron chi connectivity index (χ4n) is 1.84. The average molecular weight is 351 g/mol. The van der Waals surface area contributed by atoms with Gasteiger partial charge in [-0.2, -0.15) is 0 Å². The SMILES string of the molecule is CNC(=O)c1ccc(Sc2nnc(NC3CC3)s2)c([N+](=O)[O-])c1. The van der Waals surface area contributed by atoms with E-state index < -0.39 is 4.92 Å². The predicted molar refractivity (Wildman–Crippen MR) is 87.2 cm³/mol. The number of nitrogens with zero attached hydrogens (tertiary/aromatic N) is 3. The van der Waals surface area contributed by atoms with Crippen molar-refractivity contribution in [2.75, 3.05) is 12.4 Å². The van der Waals surface area contributed by atoms with Crippen LogP contribution in [0.5, 0.6) is 0 Å². The van der Waals surface area contributed by atoms with Crippen LogP contribution >= 0.6 is 23.1 Å². The summed E-state index contributed by atoms with van der Waals surface area (Å²) in [4.78, 5) is 22.8. The Morgan fingerprint density at radius 3 is 2.87 bits per heavy atom. The van der Waals surface area contributed by atoms with Crippen LogP contribution < -0.4 is 10.6 Å². The van der Waals surface area contributed by atoms with Crippen LogP contribution in [-0.2, 0) is 0 Å². The molecular weight excluding hydrogens is 338 g/mol. The van der Waals surface area contributed by atoms with E-state index in [1.165, 1.54) is 36.2 Å². The molecule has 2 aromatic rings. The van der Waals surface area contributed by atoms with Crippen LogP contribution in [0, 0.1) is 10.1 Å². The van der Waals surface area contributed by atoms with Crippen molar-refractivity contribution in [3.8, 4) is 0 Å². The first-order valence-electron chi connectivity index (χ1n) is 6.85. The summed E-state index contributed by atoms with van der Waals surface area (Å²) in [5.41, 5.74) is 0.125. The monoisotopic (exact) mass is 351 g/mol. The summed E-state index contributed by atoms with van der Waals surface area (Å²) < 4.78 is 0.615. The molecule has 0 saturated heterocycles. The summed E-state index contributed by atoms with van der Waals surface area (Å²) in [6, 6.07) is 4.86. The van der Waals surface area contributed by atoms with Gasteiger partial charge in [0.2, 0.25) is 5.13 Å². The van der Waals surface area contributed by atoms with Crippen molar-refractivity contribution >= 4 is 39.8 Å². The van der Waals surface area contributed by atoms with Gasteiger partial charge < -0.3 is 10.6 Å². The summed E-state index contributed by atoms with van der Waals surface area (Å²) in [7, 11) is 1.48. The number of amides is 1. The molecule has 1 aliphatic rings. The molecule has 23 heavy (non-hydrogen) atoms. The number of nitro benzene ring substituents is 1. The molecule has 1 fully saturated rings. The van der Waals surface area contributed by atoms with Gasteiger partial charge in [0.05, 0.1) is 9.82 Å². The van der Waals surface area contributed by atoms with Crippen molar-refractivity contribution in [1.29, 1.82) is 0 Å². The van der Waals surface area contributed by atoms with Gasteiger partial charge in [0.1, 0.15) is 0 Å². The Bertz CT molecular complexity index is 760. The van der Waals surface area contributed by atoms with Gasteiger partial charge in [-0.25, -0.2) is 0 Å². The summed E-state index contributed by atoms with van der Waals surface area (Å²) >= 11 is 2.53. The number of hydrogen-bond donors (Lipinski definition) is 2. The third-order valence-electron chi connectivity index (χ3n) is 3.15. The molecule has 0 atom stereocenters. The van der Waals surface area contributed by atoms with Crippen LogP contribution in [0.3, 0.4) is 0 Å². The standard InChI is InChI=1S/C13H13N5O3S2/c1-14-11(19)7-2-5-10(9(6-7)18(20)21)22-13-17-16-12(23-13)15-8-3-4-8/h2,5-6,8H,3-4H2,1H3,(H,14,19)(H,15,16). The molecule has 1 saturated carbocycles. The Labute approximate surface area is 139 Å². The zero-order chi connectivity index (χ0) is 16.4. The largest absolute Gasteiger partial charge is 0.357 e. The third-order valence-corrected chi connectivity index (χ3v) is 5.12. The quantitative estimate of drug-likeness (QED) is 0.608. The maximum atomic E-state index is 11.6. The molecule has 8 nitrogen and oxygen atoms in total. The number of carbonyl (C=O) groups is 1. The van der Waals surface area contributed by atoms with Crippen molar-refractivity contribution in [2.45, 2.75) is 28.1 Å². The van der Waals surface area contributed by atoms with Crippen LogP contribution in [-0.4, -0.2) is 34.1 Å². The van der Waals surface area contributed by atoms with Crippen molar-refractivity contribution in [2.24, 2.45) is 0 Å². The van der Waals surface area contributed by atoms with E-state index in [4.69, 9.17) is 0 Å². The smallest absolute Gasteiger partial charge is 0.284 e. The minimum absolute atomic E-state index is 0.122. The van der Waals surface area contributed by atoms with Gasteiger partial charge in [0, 0.05) is 24.7 Å². The number of aromatic nitrogens is 2. The second-order valence-corrected chi connectivity index (χ2v) is 7.18. The summed E-state index contributed by atoms with van der Waals surface area (Å²) in [5, 5.41) is 25.7. The fraction of sp³-hybridized carbons (Fsp3) is 0.308. The average Bonchev–Trinajstić information content (AvgIpc) is 3.25. The minimum Gasteiger partial charge on any atom is -0.357 e. The first-order valence-corrected chi connectivity index (χ1v) is 8.48. The minimum atomic E-state index is -0.501. The number of rotatable bonds is 6. The molecule has 0 unspecified atom stereocenters. The lowest BCUT2D eigenvalue weighted by Crippen LogP contribution is -2.17. The van der Waals surface area contributed by atoms with E-state index in [2.05, 4.69) is 20.8 Å². The molecular formula is C13H13N5O3S2. The van der Waals surface area contributed by atoms with Crippen LogP contribution in [0.25, 0.3) is 0 Å². The number of nitro groups is 1. The third kappa shape index (κ3) is 3.77. The molecule has 1 heterocycles. The van der Waals surface area contributed by atoms with Gasteiger partial charge in [0.15, 0.2) is 4.34 Å². The van der Waals surface area contributed by atoms with E-state index in [9.17, 15) is 14.9 Å². The van der Waals surface area contributed by atoms with E-state index in [0.29, 0.717) is 15.3 Å². The molecule has 0 radical (unpaired) electrons. The highest BCUT2D eigenvalue weighted by Gasteiger charge is 2.23. The highest BCUT2D eigenvalue weighted by molar-refractivity contribution is 8.01. The van der Waals surface area contributed by atoms with Gasteiger partial charge in [-0.1, -0.05) is 11.3 Å². The van der Waals surface area contributed by atoms with Crippen LogP contribution in [0.15, 0.2) is 27.4 Å². The molecule has 1 aromatic carbocycles. The predicted octanol–water partition coefficient (Wildman–Crippen LogP) is 2.53. The van der Waals surface area contributed by atoms with Gasteiger partial charge in [-0.05, 0) is 36.7 Å². The highest BCUT2D eigenvalue weighted by Crippen LogP contribution is 2.38. The van der Waals surface area contributed by atoms with Crippen LogP contribution in [0.4, 0.5) is 10.8 Å². The number of nitrogens with one attached hydrogen (secondary N) is 2. The maximum Gasteiger partial charge on any atom is 0.284 e. The summed E-state index contributed by atoms with van der Waals surface area (Å²) in [5.74, 6) is -0.364. The Balaban J connectivity index is 1.81. The molecule has 1 aromatic heterocycles. The number of hydrogen-bond acceptors (Lipinski definition) is 8. The topological polar surface area (TPSA) is 110 Å². The van der Waals surface area contributed by atoms with Crippen molar-refractivity contribution < 1.29 is 9.72 Å². The highest BCUT2D eigenvalue weighted by atomic mass is 32.2. The van der Waals surface area contributed by atoms with Crippen molar-refractivity contribution in [3.05, 3.63) is 33.9 Å². The van der Waals surface area contributed by atoms with Crippen molar-refractivity contribution in [1.82, 2.24) is 15.5 Å². The Hall–Kier alpha value is -2.20. The van der Waals surface area contributed by atoms with E-state index in [1.807, 2.05) is 0 Å². The first kappa shape index (κ1) is 15.7. The first-order chi connectivity index (χ1) is 11.1. The maximum absolute atomic E-state index is 11.6. The summed E-state index contributed by atoms with van der Waals surface area (Å²) in [6.07, 6.45) is 2.27. The second kappa shape index (κ2) is 6.50. The normalized spacial score (nSPS) is 13.6. The van der Waals surface area contributed by atoms with E-state index in [1.54, 1.807) is 12.1 Å². The Kier molecular flexibility index (Phi) is 4.44. The molecule has 120 valence electrons.